The summed E-state index contributed by atoms with van der Waals surface area (Å²) in [6, 6.07) is 12.0. The number of unbranched alkanes of at least 4 members (excludes halogenated alkanes) is 1. The van der Waals surface area contributed by atoms with Crippen molar-refractivity contribution in [1.29, 1.82) is 0 Å². The molecule has 0 unspecified atom stereocenters. The van der Waals surface area contributed by atoms with Crippen molar-refractivity contribution in [2.75, 3.05) is 6.61 Å². The van der Waals surface area contributed by atoms with Crippen LogP contribution in [0.3, 0.4) is 0 Å². The lowest BCUT2D eigenvalue weighted by Crippen LogP contribution is -2.27. The number of phenolic OH excluding ortho intramolecular Hbond substituents is 1. The van der Waals surface area contributed by atoms with Crippen LogP contribution < -0.4 is 4.74 Å². The second kappa shape index (κ2) is 11.6. The van der Waals surface area contributed by atoms with Gasteiger partial charge in [0.15, 0.2) is 0 Å². The SMILES string of the molecule is C=CCc1ccc(O)c(-c2cc(CC=C)ccc2OCC(CC)(CC)CCCC)c1. The molecule has 0 bridgehead atoms. The lowest BCUT2D eigenvalue weighted by molar-refractivity contribution is 0.119. The van der Waals surface area contributed by atoms with Gasteiger partial charge in [-0.1, -0.05) is 57.9 Å². The Labute approximate surface area is 183 Å². The van der Waals surface area contributed by atoms with Crippen LogP contribution in [0.25, 0.3) is 11.1 Å². The summed E-state index contributed by atoms with van der Waals surface area (Å²) in [5.74, 6) is 1.10. The van der Waals surface area contributed by atoms with Gasteiger partial charge in [-0.3, -0.25) is 0 Å². The Hall–Kier alpha value is -2.48. The van der Waals surface area contributed by atoms with E-state index in [-0.39, 0.29) is 11.2 Å². The molecule has 0 aliphatic rings. The second-order valence-electron chi connectivity index (χ2n) is 8.27. The molecule has 0 heterocycles. The highest BCUT2D eigenvalue weighted by Gasteiger charge is 2.27. The van der Waals surface area contributed by atoms with Crippen LogP contribution in [-0.4, -0.2) is 11.7 Å². The van der Waals surface area contributed by atoms with E-state index in [1.54, 1.807) is 6.07 Å². The average molecular weight is 407 g/mol. The van der Waals surface area contributed by atoms with Crippen LogP contribution >= 0.6 is 0 Å². The van der Waals surface area contributed by atoms with E-state index in [0.717, 1.165) is 53.7 Å². The minimum absolute atomic E-state index is 0.194. The van der Waals surface area contributed by atoms with E-state index >= 15 is 0 Å². The van der Waals surface area contributed by atoms with Crippen LogP contribution in [0.5, 0.6) is 11.5 Å². The summed E-state index contributed by atoms with van der Waals surface area (Å²) in [4.78, 5) is 0. The lowest BCUT2D eigenvalue weighted by Gasteiger charge is -2.32. The molecule has 0 radical (unpaired) electrons. The van der Waals surface area contributed by atoms with Crippen molar-refractivity contribution in [1.82, 2.24) is 0 Å². The van der Waals surface area contributed by atoms with Crippen molar-refractivity contribution in [2.45, 2.75) is 65.7 Å². The van der Waals surface area contributed by atoms with E-state index in [1.165, 1.54) is 19.3 Å². The number of ether oxygens (including phenoxy) is 1. The molecule has 2 rings (SSSR count). The van der Waals surface area contributed by atoms with Crippen molar-refractivity contribution >= 4 is 0 Å². The molecule has 0 saturated carbocycles. The molecule has 0 atom stereocenters. The van der Waals surface area contributed by atoms with Crippen molar-refractivity contribution in [3.8, 4) is 22.6 Å². The highest BCUT2D eigenvalue weighted by Crippen LogP contribution is 2.40. The minimum Gasteiger partial charge on any atom is -0.507 e. The third kappa shape index (κ3) is 6.01. The zero-order valence-corrected chi connectivity index (χ0v) is 19.0. The first kappa shape index (κ1) is 23.8. The molecule has 0 aliphatic heterocycles. The van der Waals surface area contributed by atoms with E-state index in [9.17, 15) is 5.11 Å². The summed E-state index contributed by atoms with van der Waals surface area (Å²) in [5.41, 5.74) is 4.22. The van der Waals surface area contributed by atoms with Crippen LogP contribution in [0.4, 0.5) is 0 Å². The maximum atomic E-state index is 10.6. The number of rotatable bonds is 13. The van der Waals surface area contributed by atoms with Gasteiger partial charge in [0, 0.05) is 16.5 Å². The normalized spacial score (nSPS) is 11.3. The molecule has 2 nitrogen and oxygen atoms in total. The fourth-order valence-electron chi connectivity index (χ4n) is 3.96. The Kier molecular flexibility index (Phi) is 9.23. The van der Waals surface area contributed by atoms with Gasteiger partial charge in [-0.05, 0) is 67.5 Å². The predicted molar refractivity (Wildman–Crippen MR) is 129 cm³/mol. The molecule has 30 heavy (non-hydrogen) atoms. The van der Waals surface area contributed by atoms with Gasteiger partial charge < -0.3 is 9.84 Å². The maximum absolute atomic E-state index is 10.6. The van der Waals surface area contributed by atoms with Crippen LogP contribution in [-0.2, 0) is 12.8 Å². The van der Waals surface area contributed by atoms with E-state index in [1.807, 2.05) is 30.4 Å². The second-order valence-corrected chi connectivity index (χ2v) is 8.27. The third-order valence-electron chi connectivity index (χ3n) is 6.25. The molecule has 162 valence electrons. The van der Waals surface area contributed by atoms with Gasteiger partial charge in [0.05, 0.1) is 6.61 Å². The largest absolute Gasteiger partial charge is 0.507 e. The number of benzene rings is 2. The summed E-state index contributed by atoms with van der Waals surface area (Å²) in [6.07, 6.45) is 11.1. The van der Waals surface area contributed by atoms with Gasteiger partial charge in [0.2, 0.25) is 0 Å². The Morgan fingerprint density at radius 1 is 0.900 bits per heavy atom. The smallest absolute Gasteiger partial charge is 0.127 e. The Morgan fingerprint density at radius 2 is 1.50 bits per heavy atom. The van der Waals surface area contributed by atoms with E-state index < -0.39 is 0 Å². The first-order chi connectivity index (χ1) is 14.5. The quantitative estimate of drug-likeness (QED) is 0.343. The molecule has 2 aromatic carbocycles. The lowest BCUT2D eigenvalue weighted by atomic mass is 9.78. The summed E-state index contributed by atoms with van der Waals surface area (Å²) < 4.78 is 6.47. The van der Waals surface area contributed by atoms with Crippen molar-refractivity contribution in [2.24, 2.45) is 5.41 Å². The van der Waals surface area contributed by atoms with Crippen LogP contribution in [0.1, 0.15) is 64.0 Å². The summed E-state index contributed by atoms with van der Waals surface area (Å²) >= 11 is 0. The Morgan fingerprint density at radius 3 is 2.07 bits per heavy atom. The average Bonchev–Trinajstić information content (AvgIpc) is 2.77. The van der Waals surface area contributed by atoms with Crippen LogP contribution in [0.15, 0.2) is 61.7 Å². The van der Waals surface area contributed by atoms with Gasteiger partial charge in [-0.15, -0.1) is 13.2 Å². The number of allylic oxidation sites excluding steroid dienone is 2. The zero-order chi connectivity index (χ0) is 22.0. The summed E-state index contributed by atoms with van der Waals surface area (Å²) in [6.45, 7) is 15.2. The van der Waals surface area contributed by atoms with Gasteiger partial charge in [0.25, 0.3) is 0 Å². The van der Waals surface area contributed by atoms with Gasteiger partial charge in [-0.2, -0.15) is 0 Å². The van der Waals surface area contributed by atoms with Crippen LogP contribution in [0.2, 0.25) is 0 Å². The van der Waals surface area contributed by atoms with Gasteiger partial charge >= 0.3 is 0 Å². The Balaban J connectivity index is 2.44. The van der Waals surface area contributed by atoms with Crippen molar-refractivity contribution < 1.29 is 9.84 Å². The molecular weight excluding hydrogens is 368 g/mol. The first-order valence-corrected chi connectivity index (χ1v) is 11.3. The number of hydrogen-bond acceptors (Lipinski definition) is 2. The molecule has 0 saturated heterocycles. The molecule has 0 spiro atoms. The van der Waals surface area contributed by atoms with Crippen molar-refractivity contribution in [3.63, 3.8) is 0 Å². The van der Waals surface area contributed by atoms with Crippen molar-refractivity contribution in [3.05, 3.63) is 72.8 Å². The van der Waals surface area contributed by atoms with Gasteiger partial charge in [0.1, 0.15) is 11.5 Å². The number of hydrogen-bond donors (Lipinski definition) is 1. The highest BCUT2D eigenvalue weighted by molar-refractivity contribution is 5.77. The summed E-state index contributed by atoms with van der Waals surface area (Å²) in [7, 11) is 0. The van der Waals surface area contributed by atoms with E-state index in [4.69, 9.17) is 4.74 Å². The van der Waals surface area contributed by atoms with E-state index in [0.29, 0.717) is 6.61 Å². The summed E-state index contributed by atoms with van der Waals surface area (Å²) in [5, 5.41) is 10.6. The molecule has 0 aliphatic carbocycles. The highest BCUT2D eigenvalue weighted by atomic mass is 16.5. The molecule has 0 fully saturated rings. The predicted octanol–water partition coefficient (Wildman–Crippen LogP) is 7.89. The minimum atomic E-state index is 0.194. The third-order valence-corrected chi connectivity index (χ3v) is 6.25. The zero-order valence-electron chi connectivity index (χ0n) is 19.0. The topological polar surface area (TPSA) is 29.5 Å². The molecular formula is C28H38O2. The first-order valence-electron chi connectivity index (χ1n) is 11.3. The Bertz CT molecular complexity index is 831. The van der Waals surface area contributed by atoms with Gasteiger partial charge in [-0.25, -0.2) is 0 Å². The molecule has 2 heteroatoms. The fourth-order valence-corrected chi connectivity index (χ4v) is 3.96. The standard InChI is InChI=1S/C28H38O2/c1-6-11-18-28(9-4,10-5)21-30-27-17-15-23(13-8-3)20-25(27)24-19-22(12-7-2)14-16-26(24)29/h7-8,14-17,19-20,29H,2-3,6,9-13,18,21H2,1,4-5H3. The molecule has 2 aromatic rings. The van der Waals surface area contributed by atoms with Crippen LogP contribution in [0, 0.1) is 5.41 Å². The molecule has 0 aromatic heterocycles. The maximum Gasteiger partial charge on any atom is 0.127 e. The fraction of sp³-hybridized carbons (Fsp3) is 0.429. The van der Waals surface area contributed by atoms with E-state index in [2.05, 4.69) is 46.1 Å². The number of phenols is 1. The monoisotopic (exact) mass is 406 g/mol. The molecule has 1 N–H and O–H groups in total. The number of aromatic hydroxyl groups is 1. The molecule has 0 amide bonds.